The maximum atomic E-state index is 12.6. The molecule has 21 heavy (non-hydrogen) atoms. The van der Waals surface area contributed by atoms with Crippen LogP contribution < -0.4 is 0 Å². The number of benzene rings is 2. The van der Waals surface area contributed by atoms with E-state index in [0.717, 1.165) is 23.3 Å². The summed E-state index contributed by atoms with van der Waals surface area (Å²) in [6, 6.07) is 11.1. The van der Waals surface area contributed by atoms with Crippen LogP contribution in [0.4, 0.5) is 13.2 Å². The van der Waals surface area contributed by atoms with Crippen LogP contribution in [0, 0.1) is 13.8 Å². The van der Waals surface area contributed by atoms with Crippen LogP contribution in [0.25, 0.3) is 0 Å². The Labute approximate surface area is 122 Å². The van der Waals surface area contributed by atoms with E-state index in [0.29, 0.717) is 17.5 Å². The van der Waals surface area contributed by atoms with Crippen molar-refractivity contribution >= 4 is 0 Å². The Morgan fingerprint density at radius 1 is 1.00 bits per heavy atom. The highest BCUT2D eigenvalue weighted by atomic mass is 19.4. The van der Waals surface area contributed by atoms with Crippen LogP contribution in [0.15, 0.2) is 42.5 Å². The van der Waals surface area contributed by atoms with Gasteiger partial charge >= 0.3 is 6.18 Å². The van der Waals surface area contributed by atoms with Gasteiger partial charge in [-0.3, -0.25) is 0 Å². The minimum Gasteiger partial charge on any atom is -0.388 e. The molecular formula is C17H17F3O. The lowest BCUT2D eigenvalue weighted by Gasteiger charge is -2.17. The van der Waals surface area contributed by atoms with Crippen molar-refractivity contribution < 1.29 is 18.3 Å². The molecule has 112 valence electrons. The Bertz CT molecular complexity index is 632. The molecule has 0 fully saturated rings. The summed E-state index contributed by atoms with van der Waals surface area (Å²) >= 11 is 0. The lowest BCUT2D eigenvalue weighted by molar-refractivity contribution is -0.137. The standard InChI is InChI=1S/C17H17F3O/c1-11-5-3-4-6-13(11)10-16(21)15-8-7-14(9-12(15)2)17(18,19)20/h3-9,16,21H,10H2,1-2H3. The van der Waals surface area contributed by atoms with Crippen molar-refractivity contribution in [2.45, 2.75) is 32.5 Å². The van der Waals surface area contributed by atoms with Crippen molar-refractivity contribution in [2.75, 3.05) is 0 Å². The van der Waals surface area contributed by atoms with Crippen molar-refractivity contribution in [3.63, 3.8) is 0 Å². The first-order chi connectivity index (χ1) is 9.79. The molecule has 0 amide bonds. The summed E-state index contributed by atoms with van der Waals surface area (Å²) in [6.45, 7) is 3.54. The van der Waals surface area contributed by atoms with E-state index in [1.165, 1.54) is 6.07 Å². The highest BCUT2D eigenvalue weighted by Crippen LogP contribution is 2.32. The molecule has 0 saturated heterocycles. The second-order valence-electron chi connectivity index (χ2n) is 5.22. The molecule has 1 atom stereocenters. The van der Waals surface area contributed by atoms with Gasteiger partial charge in [0.2, 0.25) is 0 Å². The van der Waals surface area contributed by atoms with E-state index in [-0.39, 0.29) is 0 Å². The SMILES string of the molecule is Cc1ccccc1CC(O)c1ccc(C(F)(F)F)cc1C. The number of hydrogen-bond acceptors (Lipinski definition) is 1. The maximum Gasteiger partial charge on any atom is 0.416 e. The molecule has 0 spiro atoms. The maximum absolute atomic E-state index is 12.6. The van der Waals surface area contributed by atoms with Crippen LogP contribution in [0.1, 0.15) is 33.9 Å². The van der Waals surface area contributed by atoms with Gasteiger partial charge in [0, 0.05) is 6.42 Å². The minimum atomic E-state index is -4.36. The zero-order valence-electron chi connectivity index (χ0n) is 11.9. The second kappa shape index (κ2) is 5.90. The molecule has 0 saturated carbocycles. The first-order valence-corrected chi connectivity index (χ1v) is 6.69. The first-order valence-electron chi connectivity index (χ1n) is 6.69. The zero-order valence-corrected chi connectivity index (χ0v) is 11.9. The molecule has 2 rings (SSSR count). The monoisotopic (exact) mass is 294 g/mol. The van der Waals surface area contributed by atoms with E-state index in [4.69, 9.17) is 0 Å². The summed E-state index contributed by atoms with van der Waals surface area (Å²) in [7, 11) is 0. The van der Waals surface area contributed by atoms with Gasteiger partial charge in [-0.15, -0.1) is 0 Å². The van der Waals surface area contributed by atoms with Gasteiger partial charge in [-0.1, -0.05) is 30.3 Å². The van der Waals surface area contributed by atoms with E-state index in [2.05, 4.69) is 0 Å². The Morgan fingerprint density at radius 2 is 1.67 bits per heavy atom. The highest BCUT2D eigenvalue weighted by Gasteiger charge is 2.31. The zero-order chi connectivity index (χ0) is 15.6. The number of hydrogen-bond donors (Lipinski definition) is 1. The predicted molar refractivity (Wildman–Crippen MR) is 76.0 cm³/mol. The minimum absolute atomic E-state index is 0.388. The Kier molecular flexibility index (Phi) is 4.37. The predicted octanol–water partition coefficient (Wildman–Crippen LogP) is 4.60. The van der Waals surface area contributed by atoms with Crippen molar-refractivity contribution in [1.82, 2.24) is 0 Å². The summed E-state index contributed by atoms with van der Waals surface area (Å²) in [5.41, 5.74) is 2.34. The van der Waals surface area contributed by atoms with E-state index >= 15 is 0 Å². The second-order valence-corrected chi connectivity index (χ2v) is 5.22. The van der Waals surface area contributed by atoms with Crippen LogP contribution in [0.3, 0.4) is 0 Å². The average Bonchev–Trinajstić information content (AvgIpc) is 2.40. The lowest BCUT2D eigenvalue weighted by Crippen LogP contribution is -2.09. The fraction of sp³-hybridized carbons (Fsp3) is 0.294. The van der Waals surface area contributed by atoms with Crippen molar-refractivity contribution in [2.24, 2.45) is 0 Å². The molecule has 0 bridgehead atoms. The molecule has 0 aliphatic carbocycles. The number of aryl methyl sites for hydroxylation is 2. The lowest BCUT2D eigenvalue weighted by atomic mass is 9.94. The van der Waals surface area contributed by atoms with Crippen LogP contribution in [-0.2, 0) is 12.6 Å². The molecule has 1 nitrogen and oxygen atoms in total. The molecule has 0 aliphatic rings. The summed E-state index contributed by atoms with van der Waals surface area (Å²) < 4.78 is 37.9. The van der Waals surface area contributed by atoms with Crippen LogP contribution in [0.2, 0.25) is 0 Å². The van der Waals surface area contributed by atoms with E-state index in [9.17, 15) is 18.3 Å². The number of halogens is 3. The highest BCUT2D eigenvalue weighted by molar-refractivity contribution is 5.35. The van der Waals surface area contributed by atoms with Gasteiger partial charge in [0.15, 0.2) is 0 Å². The Morgan fingerprint density at radius 3 is 2.24 bits per heavy atom. The van der Waals surface area contributed by atoms with Gasteiger partial charge in [0.1, 0.15) is 0 Å². The average molecular weight is 294 g/mol. The molecule has 2 aromatic carbocycles. The summed E-state index contributed by atoms with van der Waals surface area (Å²) in [4.78, 5) is 0. The van der Waals surface area contributed by atoms with Gasteiger partial charge in [0.25, 0.3) is 0 Å². The molecule has 2 aromatic rings. The Hall–Kier alpha value is -1.81. The molecule has 1 unspecified atom stereocenters. The van der Waals surface area contributed by atoms with E-state index in [1.807, 2.05) is 31.2 Å². The number of rotatable bonds is 3. The normalized spacial score (nSPS) is 13.2. The topological polar surface area (TPSA) is 20.2 Å². The van der Waals surface area contributed by atoms with Crippen molar-refractivity contribution in [3.05, 3.63) is 70.3 Å². The smallest absolute Gasteiger partial charge is 0.388 e. The third-order valence-electron chi connectivity index (χ3n) is 3.63. The largest absolute Gasteiger partial charge is 0.416 e. The summed E-state index contributed by atoms with van der Waals surface area (Å²) in [5, 5.41) is 10.3. The number of aliphatic hydroxyl groups excluding tert-OH is 1. The van der Waals surface area contributed by atoms with Gasteiger partial charge in [-0.05, 0) is 48.2 Å². The number of alkyl halides is 3. The van der Waals surface area contributed by atoms with E-state index < -0.39 is 17.8 Å². The molecule has 1 N–H and O–H groups in total. The Balaban J connectivity index is 2.24. The molecule has 0 radical (unpaired) electrons. The first kappa shape index (κ1) is 15.6. The molecule has 0 aliphatic heterocycles. The number of aliphatic hydroxyl groups is 1. The van der Waals surface area contributed by atoms with Crippen molar-refractivity contribution in [1.29, 1.82) is 0 Å². The molecule has 4 heteroatoms. The molecular weight excluding hydrogens is 277 g/mol. The van der Waals surface area contributed by atoms with Crippen molar-refractivity contribution in [3.8, 4) is 0 Å². The fourth-order valence-electron chi connectivity index (χ4n) is 2.38. The summed E-state index contributed by atoms with van der Waals surface area (Å²) in [6.07, 6.45) is -4.78. The summed E-state index contributed by atoms with van der Waals surface area (Å²) in [5.74, 6) is 0. The van der Waals surface area contributed by atoms with Crippen LogP contribution in [0.5, 0.6) is 0 Å². The van der Waals surface area contributed by atoms with Gasteiger partial charge in [-0.2, -0.15) is 13.2 Å². The molecule has 0 aromatic heterocycles. The van der Waals surface area contributed by atoms with Crippen LogP contribution in [-0.4, -0.2) is 5.11 Å². The van der Waals surface area contributed by atoms with Gasteiger partial charge in [-0.25, -0.2) is 0 Å². The van der Waals surface area contributed by atoms with E-state index in [1.54, 1.807) is 6.92 Å². The third kappa shape index (κ3) is 3.64. The molecule has 0 heterocycles. The van der Waals surface area contributed by atoms with Gasteiger partial charge in [0.05, 0.1) is 11.7 Å². The van der Waals surface area contributed by atoms with Crippen LogP contribution >= 0.6 is 0 Å². The fourth-order valence-corrected chi connectivity index (χ4v) is 2.38. The quantitative estimate of drug-likeness (QED) is 0.877. The van der Waals surface area contributed by atoms with Gasteiger partial charge < -0.3 is 5.11 Å². The third-order valence-corrected chi connectivity index (χ3v) is 3.63.